The van der Waals surface area contributed by atoms with Gasteiger partial charge < -0.3 is 10.4 Å². The minimum Gasteiger partial charge on any atom is -0.480 e. The van der Waals surface area contributed by atoms with E-state index in [-0.39, 0.29) is 12.1 Å². The maximum Gasteiger partial charge on any atom is 0.322 e. The lowest BCUT2D eigenvalue weighted by Gasteiger charge is -2.05. The van der Waals surface area contributed by atoms with E-state index in [9.17, 15) is 14.4 Å². The number of aliphatic carboxylic acids is 1. The van der Waals surface area contributed by atoms with E-state index in [4.69, 9.17) is 5.11 Å². The number of hydrogen-bond acceptors (Lipinski definition) is 4. The molecule has 0 aliphatic carbocycles. The Hall–Kier alpha value is -2.70. The lowest BCUT2D eigenvalue weighted by Crippen LogP contribution is -2.36. The number of carboxylic acid groups (broad SMARTS) is 1. The summed E-state index contributed by atoms with van der Waals surface area (Å²) in [5, 5.41) is 15.6. The van der Waals surface area contributed by atoms with Crippen LogP contribution in [0.2, 0.25) is 0 Å². The second-order valence-electron chi connectivity index (χ2n) is 3.87. The van der Waals surface area contributed by atoms with Gasteiger partial charge in [0.25, 0.3) is 5.56 Å². The quantitative estimate of drug-likeness (QED) is 0.779. The third-order valence-corrected chi connectivity index (χ3v) is 2.49. The summed E-state index contributed by atoms with van der Waals surface area (Å²) in [5.74, 6) is -1.72. The number of fused-ring (bicyclic) bond motifs is 1. The van der Waals surface area contributed by atoms with Gasteiger partial charge in [0, 0.05) is 5.39 Å². The first kappa shape index (κ1) is 12.7. The van der Waals surface area contributed by atoms with Crippen molar-refractivity contribution >= 4 is 22.6 Å². The van der Waals surface area contributed by atoms with E-state index in [0.29, 0.717) is 10.8 Å². The van der Waals surface area contributed by atoms with Gasteiger partial charge in [0.1, 0.15) is 13.1 Å². The molecular formula is C12H11N3O4. The molecule has 0 aliphatic rings. The van der Waals surface area contributed by atoms with E-state index < -0.39 is 18.4 Å². The molecule has 1 aromatic carbocycles. The Morgan fingerprint density at radius 1 is 1.32 bits per heavy atom. The first-order valence-electron chi connectivity index (χ1n) is 5.51. The monoisotopic (exact) mass is 261 g/mol. The van der Waals surface area contributed by atoms with Crippen molar-refractivity contribution in [3.8, 4) is 0 Å². The number of amides is 1. The Kier molecular flexibility index (Phi) is 3.56. The number of rotatable bonds is 4. The highest BCUT2D eigenvalue weighted by Gasteiger charge is 2.08. The van der Waals surface area contributed by atoms with Crippen molar-refractivity contribution in [1.29, 1.82) is 0 Å². The van der Waals surface area contributed by atoms with Gasteiger partial charge in [-0.2, -0.15) is 5.10 Å². The SMILES string of the molecule is O=C(O)CNC(=O)Cn1ncc2ccccc2c1=O. The predicted molar refractivity (Wildman–Crippen MR) is 66.6 cm³/mol. The van der Waals surface area contributed by atoms with Crippen molar-refractivity contribution in [2.45, 2.75) is 6.54 Å². The van der Waals surface area contributed by atoms with Gasteiger partial charge in [-0.05, 0) is 6.07 Å². The molecule has 0 saturated carbocycles. The normalized spacial score (nSPS) is 10.3. The summed E-state index contributed by atoms with van der Waals surface area (Å²) in [5.41, 5.74) is -0.386. The van der Waals surface area contributed by atoms with Crippen molar-refractivity contribution in [2.24, 2.45) is 0 Å². The lowest BCUT2D eigenvalue weighted by molar-refractivity contribution is -0.138. The number of aromatic nitrogens is 2. The topological polar surface area (TPSA) is 101 Å². The van der Waals surface area contributed by atoms with E-state index in [1.807, 2.05) is 0 Å². The Morgan fingerprint density at radius 3 is 2.79 bits per heavy atom. The highest BCUT2D eigenvalue weighted by molar-refractivity contribution is 5.82. The summed E-state index contributed by atoms with van der Waals surface area (Å²) in [4.78, 5) is 33.7. The molecule has 0 spiro atoms. The molecule has 2 rings (SSSR count). The first-order valence-corrected chi connectivity index (χ1v) is 5.51. The Balaban J connectivity index is 2.22. The van der Waals surface area contributed by atoms with Crippen LogP contribution in [0.5, 0.6) is 0 Å². The van der Waals surface area contributed by atoms with Crippen LogP contribution in [0.3, 0.4) is 0 Å². The number of carbonyl (C=O) groups is 2. The molecule has 2 N–H and O–H groups in total. The molecule has 0 unspecified atom stereocenters. The van der Waals surface area contributed by atoms with Gasteiger partial charge >= 0.3 is 5.97 Å². The zero-order valence-electron chi connectivity index (χ0n) is 9.87. The number of hydrogen-bond donors (Lipinski definition) is 2. The van der Waals surface area contributed by atoms with Crippen LogP contribution in [0.4, 0.5) is 0 Å². The van der Waals surface area contributed by atoms with Crippen LogP contribution in [0.1, 0.15) is 0 Å². The number of nitrogens with one attached hydrogen (secondary N) is 1. The van der Waals surface area contributed by atoms with Crippen molar-refractivity contribution < 1.29 is 14.7 Å². The number of carbonyl (C=O) groups excluding carboxylic acids is 1. The van der Waals surface area contributed by atoms with Gasteiger partial charge in [-0.1, -0.05) is 18.2 Å². The molecule has 1 heterocycles. The number of benzene rings is 1. The minimum absolute atomic E-state index is 0.309. The molecule has 1 aromatic heterocycles. The van der Waals surface area contributed by atoms with Gasteiger partial charge in [0.15, 0.2) is 0 Å². The van der Waals surface area contributed by atoms with Crippen molar-refractivity contribution in [1.82, 2.24) is 15.1 Å². The van der Waals surface area contributed by atoms with Gasteiger partial charge in [-0.3, -0.25) is 14.4 Å². The fourth-order valence-electron chi connectivity index (χ4n) is 1.61. The number of nitrogens with zero attached hydrogens (tertiary/aromatic N) is 2. The smallest absolute Gasteiger partial charge is 0.322 e. The van der Waals surface area contributed by atoms with E-state index >= 15 is 0 Å². The Bertz CT molecular complexity index is 693. The Morgan fingerprint density at radius 2 is 2.05 bits per heavy atom. The van der Waals surface area contributed by atoms with Crippen LogP contribution < -0.4 is 10.9 Å². The summed E-state index contributed by atoms with van der Waals surface area (Å²) in [6.45, 7) is -0.794. The van der Waals surface area contributed by atoms with Crippen LogP contribution in [0, 0.1) is 0 Å². The van der Waals surface area contributed by atoms with Gasteiger partial charge in [-0.15, -0.1) is 0 Å². The maximum atomic E-state index is 12.0. The fraction of sp³-hybridized carbons (Fsp3) is 0.167. The van der Waals surface area contributed by atoms with Crippen molar-refractivity contribution in [2.75, 3.05) is 6.54 Å². The molecule has 0 fully saturated rings. The van der Waals surface area contributed by atoms with Crippen molar-refractivity contribution in [3.63, 3.8) is 0 Å². The van der Waals surface area contributed by atoms with Crippen LogP contribution in [0.15, 0.2) is 35.3 Å². The zero-order chi connectivity index (χ0) is 13.8. The van der Waals surface area contributed by atoms with Crippen LogP contribution in [-0.4, -0.2) is 33.3 Å². The second kappa shape index (κ2) is 5.30. The van der Waals surface area contributed by atoms with E-state index in [0.717, 1.165) is 4.68 Å². The Labute approximate surface area is 107 Å². The molecular weight excluding hydrogens is 250 g/mol. The van der Waals surface area contributed by atoms with Crippen LogP contribution in [0.25, 0.3) is 10.8 Å². The molecule has 0 atom stereocenters. The zero-order valence-corrected chi connectivity index (χ0v) is 9.87. The molecule has 98 valence electrons. The fourth-order valence-corrected chi connectivity index (χ4v) is 1.61. The van der Waals surface area contributed by atoms with Crippen molar-refractivity contribution in [3.05, 3.63) is 40.8 Å². The van der Waals surface area contributed by atoms with E-state index in [1.54, 1.807) is 24.3 Å². The maximum absolute atomic E-state index is 12.0. The standard InChI is InChI=1S/C12H11N3O4/c16-10(13-6-11(17)18)7-15-12(19)9-4-2-1-3-8(9)5-14-15/h1-5H,6-7H2,(H,13,16)(H,17,18). The summed E-state index contributed by atoms with van der Waals surface area (Å²) < 4.78 is 1.000. The van der Waals surface area contributed by atoms with Gasteiger partial charge in [0.05, 0.1) is 11.6 Å². The average molecular weight is 261 g/mol. The summed E-state index contributed by atoms with van der Waals surface area (Å²) in [7, 11) is 0. The second-order valence-corrected chi connectivity index (χ2v) is 3.87. The van der Waals surface area contributed by atoms with Crippen LogP contribution >= 0.6 is 0 Å². The lowest BCUT2D eigenvalue weighted by atomic mass is 10.2. The summed E-state index contributed by atoms with van der Waals surface area (Å²) >= 11 is 0. The highest BCUT2D eigenvalue weighted by atomic mass is 16.4. The molecule has 0 saturated heterocycles. The summed E-state index contributed by atoms with van der Waals surface area (Å²) in [6, 6.07) is 6.90. The van der Waals surface area contributed by atoms with Gasteiger partial charge in [-0.25, -0.2) is 4.68 Å². The van der Waals surface area contributed by atoms with E-state index in [2.05, 4.69) is 10.4 Å². The first-order chi connectivity index (χ1) is 9.08. The average Bonchev–Trinajstić information content (AvgIpc) is 2.40. The molecule has 7 heteroatoms. The van der Waals surface area contributed by atoms with Gasteiger partial charge in [0.2, 0.25) is 5.91 Å². The largest absolute Gasteiger partial charge is 0.480 e. The van der Waals surface area contributed by atoms with E-state index in [1.165, 1.54) is 6.20 Å². The molecule has 1 amide bonds. The third-order valence-electron chi connectivity index (χ3n) is 2.49. The molecule has 0 aliphatic heterocycles. The molecule has 7 nitrogen and oxygen atoms in total. The summed E-state index contributed by atoms with van der Waals surface area (Å²) in [6.07, 6.45) is 1.49. The number of carboxylic acids is 1. The molecule has 0 bridgehead atoms. The van der Waals surface area contributed by atoms with Crippen LogP contribution in [-0.2, 0) is 16.1 Å². The molecule has 2 aromatic rings. The third kappa shape index (κ3) is 2.95. The molecule has 0 radical (unpaired) electrons. The molecule has 19 heavy (non-hydrogen) atoms. The minimum atomic E-state index is -1.15. The predicted octanol–water partition coefficient (Wildman–Crippen LogP) is -0.403. The highest BCUT2D eigenvalue weighted by Crippen LogP contribution is 2.05.